The number of halogens is 1. The molecule has 206 valence electrons. The second kappa shape index (κ2) is 12.0. The number of hydrogen-bond acceptors (Lipinski definition) is 8. The van der Waals surface area contributed by atoms with Gasteiger partial charge in [0.05, 0.1) is 27.7 Å². The largest absolute Gasteiger partial charge is 0.381 e. The topological polar surface area (TPSA) is 122 Å². The summed E-state index contributed by atoms with van der Waals surface area (Å²) in [6, 6.07) is 9.01. The zero-order valence-corrected chi connectivity index (χ0v) is 23.6. The first kappa shape index (κ1) is 27.5. The highest BCUT2D eigenvalue weighted by molar-refractivity contribution is 7.16. The van der Waals surface area contributed by atoms with E-state index in [1.165, 1.54) is 11.3 Å². The molecule has 0 spiro atoms. The zero-order valence-electron chi connectivity index (χ0n) is 22.1. The van der Waals surface area contributed by atoms with Crippen molar-refractivity contribution in [2.45, 2.75) is 51.2 Å². The van der Waals surface area contributed by atoms with Crippen LogP contribution in [0.25, 0.3) is 10.6 Å². The standard InChI is InChI=1S/C28H33ClN6O3S/c1-16-4-3-5-18(12-16)22(14-30)33-26(36)17(2)35-9-6-23-20(27(35)37)13-24(39-23)25-21(29)15-31-28(34-25)32-19-7-10-38-11-8-19/h3-5,12-13,15,17,19,22H,6-11,14,30H2,1-2H3,(H,33,36)(H,31,32,34)/t17-,22+/m0/s1. The summed E-state index contributed by atoms with van der Waals surface area (Å²) >= 11 is 8.00. The number of aryl methyl sites for hydroxylation is 1. The highest BCUT2D eigenvalue weighted by Gasteiger charge is 2.34. The van der Waals surface area contributed by atoms with Crippen molar-refractivity contribution in [2.75, 3.05) is 31.6 Å². The quantitative estimate of drug-likeness (QED) is 0.376. The van der Waals surface area contributed by atoms with Crippen molar-refractivity contribution in [1.29, 1.82) is 0 Å². The first-order valence-electron chi connectivity index (χ1n) is 13.2. The first-order valence-corrected chi connectivity index (χ1v) is 14.4. The Bertz CT molecular complexity index is 1360. The van der Waals surface area contributed by atoms with Crippen LogP contribution in [-0.2, 0) is 16.0 Å². The van der Waals surface area contributed by atoms with E-state index in [0.29, 0.717) is 48.4 Å². The second-order valence-electron chi connectivity index (χ2n) is 10.0. The Morgan fingerprint density at radius 1 is 1.31 bits per heavy atom. The molecule has 3 aromatic rings. The van der Waals surface area contributed by atoms with E-state index in [-0.39, 0.29) is 30.4 Å². The predicted octanol–water partition coefficient (Wildman–Crippen LogP) is 3.96. The number of nitrogens with zero attached hydrogens (tertiary/aromatic N) is 3. The number of nitrogens with two attached hydrogens (primary N) is 1. The van der Waals surface area contributed by atoms with Crippen LogP contribution < -0.4 is 16.4 Å². The van der Waals surface area contributed by atoms with Crippen LogP contribution in [0.1, 0.15) is 52.2 Å². The number of rotatable bonds is 8. The van der Waals surface area contributed by atoms with Gasteiger partial charge in [-0.3, -0.25) is 9.59 Å². The van der Waals surface area contributed by atoms with Gasteiger partial charge in [0.25, 0.3) is 5.91 Å². The summed E-state index contributed by atoms with van der Waals surface area (Å²) in [5.74, 6) is 0.0999. The summed E-state index contributed by atoms with van der Waals surface area (Å²) < 4.78 is 5.43. The summed E-state index contributed by atoms with van der Waals surface area (Å²) in [6.07, 6.45) is 4.02. The van der Waals surface area contributed by atoms with Gasteiger partial charge in [0.2, 0.25) is 11.9 Å². The van der Waals surface area contributed by atoms with Crippen LogP contribution in [0.4, 0.5) is 5.95 Å². The lowest BCUT2D eigenvalue weighted by molar-refractivity contribution is -0.125. The SMILES string of the molecule is Cc1cccc([C@@H](CN)NC(=O)[C@H](C)N2CCc3sc(-c4nc(NC5CCOCC5)ncc4Cl)cc3C2=O)c1. The highest BCUT2D eigenvalue weighted by Crippen LogP contribution is 2.37. The fraction of sp³-hybridized carbons (Fsp3) is 0.429. The van der Waals surface area contributed by atoms with Gasteiger partial charge in [-0.15, -0.1) is 11.3 Å². The molecule has 11 heteroatoms. The third-order valence-corrected chi connectivity index (χ3v) is 8.73. The summed E-state index contributed by atoms with van der Waals surface area (Å²) in [5.41, 5.74) is 9.20. The first-order chi connectivity index (χ1) is 18.8. The number of carbonyl (C=O) groups excluding carboxylic acids is 2. The van der Waals surface area contributed by atoms with Crippen molar-refractivity contribution < 1.29 is 14.3 Å². The van der Waals surface area contributed by atoms with Gasteiger partial charge in [0, 0.05) is 43.6 Å². The number of hydrogen-bond donors (Lipinski definition) is 3. The van der Waals surface area contributed by atoms with E-state index in [2.05, 4.69) is 20.6 Å². The third-order valence-electron chi connectivity index (χ3n) is 7.26. The molecule has 4 N–H and O–H groups in total. The molecule has 39 heavy (non-hydrogen) atoms. The van der Waals surface area contributed by atoms with Crippen LogP contribution in [0.3, 0.4) is 0 Å². The molecule has 0 bridgehead atoms. The minimum absolute atomic E-state index is 0.174. The van der Waals surface area contributed by atoms with Gasteiger partial charge in [-0.1, -0.05) is 41.4 Å². The molecule has 1 aromatic carbocycles. The van der Waals surface area contributed by atoms with Gasteiger partial charge in [0.15, 0.2) is 0 Å². The third kappa shape index (κ3) is 6.09. The van der Waals surface area contributed by atoms with Crippen molar-refractivity contribution in [3.8, 4) is 10.6 Å². The van der Waals surface area contributed by atoms with Crippen molar-refractivity contribution >= 4 is 40.7 Å². The smallest absolute Gasteiger partial charge is 0.255 e. The van der Waals surface area contributed by atoms with Crippen LogP contribution in [0.15, 0.2) is 36.5 Å². The van der Waals surface area contributed by atoms with E-state index in [1.54, 1.807) is 18.0 Å². The molecule has 0 radical (unpaired) electrons. The summed E-state index contributed by atoms with van der Waals surface area (Å²) in [6.45, 7) is 5.89. The monoisotopic (exact) mass is 568 g/mol. The number of ether oxygens (including phenoxy) is 1. The molecule has 2 atom stereocenters. The number of thiophene rings is 1. The van der Waals surface area contributed by atoms with Crippen LogP contribution in [0.2, 0.25) is 5.02 Å². The Morgan fingerprint density at radius 2 is 2.10 bits per heavy atom. The molecule has 2 aromatic heterocycles. The summed E-state index contributed by atoms with van der Waals surface area (Å²) in [7, 11) is 0. The predicted molar refractivity (Wildman–Crippen MR) is 153 cm³/mol. The van der Waals surface area contributed by atoms with Crippen LogP contribution in [-0.4, -0.2) is 65.1 Å². The summed E-state index contributed by atoms with van der Waals surface area (Å²) in [5, 5.41) is 6.82. The Hall–Kier alpha value is -3.05. The molecule has 1 fully saturated rings. The average molecular weight is 569 g/mol. The second-order valence-corrected chi connectivity index (χ2v) is 11.5. The number of fused-ring (bicyclic) bond motifs is 1. The van der Waals surface area contributed by atoms with Gasteiger partial charge in [-0.25, -0.2) is 9.97 Å². The van der Waals surface area contributed by atoms with Crippen LogP contribution in [0, 0.1) is 6.92 Å². The Morgan fingerprint density at radius 3 is 2.85 bits per heavy atom. The number of anilines is 1. The van der Waals surface area contributed by atoms with Crippen molar-refractivity contribution in [2.24, 2.45) is 5.73 Å². The van der Waals surface area contributed by atoms with Gasteiger partial charge in [-0.2, -0.15) is 0 Å². The number of carbonyl (C=O) groups is 2. The lowest BCUT2D eigenvalue weighted by Gasteiger charge is -2.32. The molecule has 2 aliphatic heterocycles. The van der Waals surface area contributed by atoms with E-state index in [9.17, 15) is 9.59 Å². The Balaban J connectivity index is 1.30. The molecule has 5 rings (SSSR count). The lowest BCUT2D eigenvalue weighted by atomic mass is 10.0. The van der Waals surface area contributed by atoms with Gasteiger partial charge in [-0.05, 0) is 38.3 Å². The van der Waals surface area contributed by atoms with E-state index in [4.69, 9.17) is 22.1 Å². The molecular weight excluding hydrogens is 536 g/mol. The van der Waals surface area contributed by atoms with Crippen molar-refractivity contribution in [3.63, 3.8) is 0 Å². The van der Waals surface area contributed by atoms with Gasteiger partial charge in [0.1, 0.15) is 11.7 Å². The molecule has 2 aliphatic rings. The van der Waals surface area contributed by atoms with E-state index >= 15 is 0 Å². The zero-order chi connectivity index (χ0) is 27.5. The van der Waals surface area contributed by atoms with Crippen molar-refractivity contribution in [3.05, 3.63) is 63.1 Å². The number of aromatic nitrogens is 2. The maximum Gasteiger partial charge on any atom is 0.255 e. The van der Waals surface area contributed by atoms with E-state index < -0.39 is 6.04 Å². The average Bonchev–Trinajstić information content (AvgIpc) is 3.38. The maximum atomic E-state index is 13.5. The lowest BCUT2D eigenvalue weighted by Crippen LogP contribution is -2.51. The molecule has 1 saturated heterocycles. The molecule has 4 heterocycles. The number of benzene rings is 1. The highest BCUT2D eigenvalue weighted by atomic mass is 35.5. The van der Waals surface area contributed by atoms with E-state index in [1.807, 2.05) is 37.3 Å². The summed E-state index contributed by atoms with van der Waals surface area (Å²) in [4.78, 5) is 39.1. The molecule has 9 nitrogen and oxygen atoms in total. The maximum absolute atomic E-state index is 13.5. The van der Waals surface area contributed by atoms with Crippen LogP contribution >= 0.6 is 22.9 Å². The minimum Gasteiger partial charge on any atom is -0.381 e. The fourth-order valence-corrected chi connectivity index (χ4v) is 6.39. The minimum atomic E-state index is -0.647. The number of amides is 2. The molecule has 0 saturated carbocycles. The number of nitrogens with one attached hydrogen (secondary N) is 2. The fourth-order valence-electron chi connectivity index (χ4n) is 4.99. The molecular formula is C28H33ClN6O3S. The Labute approximate surface area is 237 Å². The van der Waals surface area contributed by atoms with Gasteiger partial charge >= 0.3 is 0 Å². The van der Waals surface area contributed by atoms with Crippen LogP contribution in [0.5, 0.6) is 0 Å². The normalized spacial score (nSPS) is 17.4. The van der Waals surface area contributed by atoms with Crippen molar-refractivity contribution in [1.82, 2.24) is 20.2 Å². The Kier molecular flexibility index (Phi) is 8.46. The van der Waals surface area contributed by atoms with E-state index in [0.717, 1.165) is 33.7 Å². The molecule has 0 unspecified atom stereocenters. The molecule has 2 amide bonds. The van der Waals surface area contributed by atoms with Gasteiger partial charge < -0.3 is 26.0 Å². The molecule has 0 aliphatic carbocycles.